The molecule has 1 fully saturated rings. The molecule has 0 aromatic heterocycles. The van der Waals surface area contributed by atoms with Gasteiger partial charge in [0.25, 0.3) is 5.91 Å². The van der Waals surface area contributed by atoms with Crippen LogP contribution in [0.15, 0.2) is 42.5 Å². The Morgan fingerprint density at radius 1 is 1.15 bits per heavy atom. The van der Waals surface area contributed by atoms with Gasteiger partial charge in [-0.15, -0.1) is 0 Å². The SMILES string of the molecule is COc1ccc(C)cc1C(C)NC(=O)c1cccc(NC(=O)NC2CC2)c1. The van der Waals surface area contributed by atoms with E-state index in [0.717, 1.165) is 29.7 Å². The van der Waals surface area contributed by atoms with Gasteiger partial charge in [-0.3, -0.25) is 4.79 Å². The molecule has 0 saturated heterocycles. The van der Waals surface area contributed by atoms with Gasteiger partial charge in [0.05, 0.1) is 13.2 Å². The molecule has 3 amide bonds. The predicted octanol–water partition coefficient (Wildman–Crippen LogP) is 3.78. The number of hydrogen-bond donors (Lipinski definition) is 3. The summed E-state index contributed by atoms with van der Waals surface area (Å²) in [5.74, 6) is 0.526. The molecular weight excluding hydrogens is 342 g/mol. The zero-order valence-corrected chi connectivity index (χ0v) is 15.8. The Kier molecular flexibility index (Phi) is 5.64. The van der Waals surface area contributed by atoms with Gasteiger partial charge in [-0.25, -0.2) is 4.79 Å². The van der Waals surface area contributed by atoms with Crippen LogP contribution in [0.4, 0.5) is 10.5 Å². The Balaban J connectivity index is 1.67. The number of urea groups is 1. The Labute approximate surface area is 159 Å². The number of methoxy groups -OCH3 is 1. The third-order valence-corrected chi connectivity index (χ3v) is 4.49. The van der Waals surface area contributed by atoms with E-state index in [2.05, 4.69) is 16.0 Å². The zero-order chi connectivity index (χ0) is 19.4. The molecular formula is C21H25N3O3. The van der Waals surface area contributed by atoms with Gasteiger partial charge in [-0.1, -0.05) is 23.8 Å². The van der Waals surface area contributed by atoms with Crippen molar-refractivity contribution in [3.8, 4) is 5.75 Å². The molecule has 2 aromatic rings. The predicted molar refractivity (Wildman–Crippen MR) is 105 cm³/mol. The maximum absolute atomic E-state index is 12.7. The van der Waals surface area contributed by atoms with Gasteiger partial charge < -0.3 is 20.7 Å². The molecule has 6 heteroatoms. The Hall–Kier alpha value is -3.02. The van der Waals surface area contributed by atoms with E-state index >= 15 is 0 Å². The first-order valence-electron chi connectivity index (χ1n) is 9.09. The van der Waals surface area contributed by atoms with Crippen LogP contribution in [0.25, 0.3) is 0 Å². The van der Waals surface area contributed by atoms with Crippen LogP contribution in [0.5, 0.6) is 5.75 Å². The summed E-state index contributed by atoms with van der Waals surface area (Å²) in [5, 5.41) is 8.62. The standard InChI is InChI=1S/C21H25N3O3/c1-13-7-10-19(27-3)18(11-13)14(2)22-20(25)15-5-4-6-17(12-15)24-21(26)23-16-8-9-16/h4-7,10-12,14,16H,8-9H2,1-3H3,(H,22,25)(H2,23,24,26). The van der Waals surface area contributed by atoms with Gasteiger partial charge in [0.15, 0.2) is 0 Å². The molecule has 0 radical (unpaired) electrons. The smallest absolute Gasteiger partial charge is 0.319 e. The number of hydrogen-bond acceptors (Lipinski definition) is 3. The van der Waals surface area contributed by atoms with E-state index in [1.54, 1.807) is 31.4 Å². The maximum Gasteiger partial charge on any atom is 0.319 e. The first kappa shape index (κ1) is 18.8. The topological polar surface area (TPSA) is 79.5 Å². The summed E-state index contributed by atoms with van der Waals surface area (Å²) in [6, 6.07) is 12.6. The molecule has 0 bridgehead atoms. The second-order valence-electron chi connectivity index (χ2n) is 6.89. The molecule has 0 aliphatic heterocycles. The minimum absolute atomic E-state index is 0.211. The van der Waals surface area contributed by atoms with Crippen molar-refractivity contribution >= 4 is 17.6 Å². The average Bonchev–Trinajstić information content (AvgIpc) is 3.45. The van der Waals surface area contributed by atoms with Crippen LogP contribution in [-0.4, -0.2) is 25.1 Å². The first-order chi connectivity index (χ1) is 13.0. The summed E-state index contributed by atoms with van der Waals surface area (Å²) in [6.07, 6.45) is 2.05. The lowest BCUT2D eigenvalue weighted by atomic mass is 10.0. The molecule has 2 aromatic carbocycles. The van der Waals surface area contributed by atoms with E-state index < -0.39 is 0 Å². The molecule has 0 spiro atoms. The number of benzene rings is 2. The van der Waals surface area contributed by atoms with Gasteiger partial charge in [0.1, 0.15) is 5.75 Å². The molecule has 3 N–H and O–H groups in total. The number of ether oxygens (including phenoxy) is 1. The molecule has 1 unspecified atom stereocenters. The zero-order valence-electron chi connectivity index (χ0n) is 15.8. The molecule has 27 heavy (non-hydrogen) atoms. The Bertz CT molecular complexity index is 846. The number of carbonyl (C=O) groups is 2. The minimum atomic E-state index is -0.243. The van der Waals surface area contributed by atoms with Crippen LogP contribution < -0.4 is 20.7 Å². The van der Waals surface area contributed by atoms with Crippen LogP contribution in [0.1, 0.15) is 47.3 Å². The lowest BCUT2D eigenvalue weighted by molar-refractivity contribution is 0.0939. The van der Waals surface area contributed by atoms with Gasteiger partial charge in [-0.2, -0.15) is 0 Å². The van der Waals surface area contributed by atoms with Crippen LogP contribution >= 0.6 is 0 Å². The average molecular weight is 367 g/mol. The summed E-state index contributed by atoms with van der Waals surface area (Å²) < 4.78 is 5.40. The van der Waals surface area contributed by atoms with Crippen molar-refractivity contribution < 1.29 is 14.3 Å². The second-order valence-corrected chi connectivity index (χ2v) is 6.89. The number of rotatable bonds is 6. The quantitative estimate of drug-likeness (QED) is 0.727. The second kappa shape index (κ2) is 8.12. The highest BCUT2D eigenvalue weighted by atomic mass is 16.5. The van der Waals surface area contributed by atoms with Crippen molar-refractivity contribution in [2.45, 2.75) is 38.8 Å². The first-order valence-corrected chi connectivity index (χ1v) is 9.09. The summed E-state index contributed by atoms with van der Waals surface area (Å²) >= 11 is 0. The van der Waals surface area contributed by atoms with E-state index in [1.807, 2.05) is 32.0 Å². The van der Waals surface area contributed by atoms with Crippen molar-refractivity contribution in [2.24, 2.45) is 0 Å². The van der Waals surface area contributed by atoms with Crippen LogP contribution in [-0.2, 0) is 0 Å². The van der Waals surface area contributed by atoms with E-state index in [9.17, 15) is 9.59 Å². The number of anilines is 1. The van der Waals surface area contributed by atoms with Crippen molar-refractivity contribution in [1.82, 2.24) is 10.6 Å². The van der Waals surface area contributed by atoms with Crippen molar-refractivity contribution in [1.29, 1.82) is 0 Å². The summed E-state index contributed by atoms with van der Waals surface area (Å²) in [4.78, 5) is 24.5. The van der Waals surface area contributed by atoms with Crippen molar-refractivity contribution in [2.75, 3.05) is 12.4 Å². The lowest BCUT2D eigenvalue weighted by Gasteiger charge is -2.18. The minimum Gasteiger partial charge on any atom is -0.496 e. The van der Waals surface area contributed by atoms with Gasteiger partial charge in [0.2, 0.25) is 0 Å². The normalized spacial score (nSPS) is 14.2. The number of nitrogens with one attached hydrogen (secondary N) is 3. The van der Waals surface area contributed by atoms with Crippen molar-refractivity contribution in [3.05, 3.63) is 59.2 Å². The molecule has 1 saturated carbocycles. The van der Waals surface area contributed by atoms with Gasteiger partial charge in [-0.05, 0) is 51.0 Å². The van der Waals surface area contributed by atoms with Crippen LogP contribution in [0.2, 0.25) is 0 Å². The molecule has 142 valence electrons. The highest BCUT2D eigenvalue weighted by Crippen LogP contribution is 2.26. The van der Waals surface area contributed by atoms with E-state index in [0.29, 0.717) is 11.3 Å². The largest absolute Gasteiger partial charge is 0.496 e. The summed E-state index contributed by atoms with van der Waals surface area (Å²) in [6.45, 7) is 3.92. The number of aryl methyl sites for hydroxylation is 1. The molecule has 0 heterocycles. The Morgan fingerprint density at radius 2 is 1.93 bits per heavy atom. The number of amides is 3. The highest BCUT2D eigenvalue weighted by molar-refractivity contribution is 5.97. The molecule has 1 aliphatic rings. The Morgan fingerprint density at radius 3 is 2.63 bits per heavy atom. The lowest BCUT2D eigenvalue weighted by Crippen LogP contribution is -2.30. The third kappa shape index (κ3) is 5.00. The van der Waals surface area contributed by atoms with E-state index in [-0.39, 0.29) is 24.0 Å². The highest BCUT2D eigenvalue weighted by Gasteiger charge is 2.23. The summed E-state index contributed by atoms with van der Waals surface area (Å²) in [7, 11) is 1.62. The molecule has 3 rings (SSSR count). The van der Waals surface area contributed by atoms with Gasteiger partial charge >= 0.3 is 6.03 Å². The van der Waals surface area contributed by atoms with Gasteiger partial charge in [0, 0.05) is 22.9 Å². The fraction of sp³-hybridized carbons (Fsp3) is 0.333. The molecule has 1 atom stereocenters. The third-order valence-electron chi connectivity index (χ3n) is 4.49. The molecule has 1 aliphatic carbocycles. The fourth-order valence-electron chi connectivity index (χ4n) is 2.87. The maximum atomic E-state index is 12.7. The van der Waals surface area contributed by atoms with Crippen molar-refractivity contribution in [3.63, 3.8) is 0 Å². The summed E-state index contributed by atoms with van der Waals surface area (Å²) in [5.41, 5.74) is 3.09. The van der Waals surface area contributed by atoms with Crippen LogP contribution in [0, 0.1) is 6.92 Å². The molecule has 6 nitrogen and oxygen atoms in total. The van der Waals surface area contributed by atoms with Crippen LogP contribution in [0.3, 0.4) is 0 Å². The number of carbonyl (C=O) groups excluding carboxylic acids is 2. The fourth-order valence-corrected chi connectivity index (χ4v) is 2.87. The van der Waals surface area contributed by atoms with E-state index in [1.165, 1.54) is 0 Å². The van der Waals surface area contributed by atoms with E-state index in [4.69, 9.17) is 4.74 Å². The monoisotopic (exact) mass is 367 g/mol.